The minimum atomic E-state index is -0.544. The Morgan fingerprint density at radius 2 is 1.89 bits per heavy atom. The standard InChI is InChI=1S/C13H19F2N3/c1-17-6-8-18(9-7-17)5-4-16-13-3-2-11(14)10-12(13)15/h2-3,10,16H,4-9H2,1H3. The molecule has 3 nitrogen and oxygen atoms in total. The van der Waals surface area contributed by atoms with E-state index in [0.717, 1.165) is 38.8 Å². The maximum atomic E-state index is 13.3. The highest BCUT2D eigenvalue weighted by molar-refractivity contribution is 5.44. The molecule has 1 aliphatic heterocycles. The molecule has 0 radical (unpaired) electrons. The van der Waals surface area contributed by atoms with Gasteiger partial charge >= 0.3 is 0 Å². The highest BCUT2D eigenvalue weighted by atomic mass is 19.1. The normalized spacial score (nSPS) is 17.9. The van der Waals surface area contributed by atoms with Gasteiger partial charge in [0.05, 0.1) is 5.69 Å². The van der Waals surface area contributed by atoms with E-state index in [4.69, 9.17) is 0 Å². The SMILES string of the molecule is CN1CCN(CCNc2ccc(F)cc2F)CC1. The van der Waals surface area contributed by atoms with Crippen molar-refractivity contribution in [1.29, 1.82) is 0 Å². The van der Waals surface area contributed by atoms with Crippen LogP contribution in [0.1, 0.15) is 0 Å². The summed E-state index contributed by atoms with van der Waals surface area (Å²) in [6.45, 7) is 5.79. The molecule has 1 saturated heterocycles. The summed E-state index contributed by atoms with van der Waals surface area (Å²) in [6.07, 6.45) is 0. The van der Waals surface area contributed by atoms with Crippen LogP contribution in [0.5, 0.6) is 0 Å². The number of hydrogen-bond donors (Lipinski definition) is 1. The third kappa shape index (κ3) is 3.65. The summed E-state index contributed by atoms with van der Waals surface area (Å²) in [5.74, 6) is -1.08. The predicted octanol–water partition coefficient (Wildman–Crippen LogP) is 1.62. The van der Waals surface area contributed by atoms with Crippen LogP contribution >= 0.6 is 0 Å². The average molecular weight is 255 g/mol. The second kappa shape index (κ2) is 6.11. The van der Waals surface area contributed by atoms with Gasteiger partial charge in [-0.3, -0.25) is 4.90 Å². The molecule has 1 aromatic rings. The minimum Gasteiger partial charge on any atom is -0.381 e. The highest BCUT2D eigenvalue weighted by Gasteiger charge is 2.13. The van der Waals surface area contributed by atoms with Gasteiger partial charge in [0.1, 0.15) is 11.6 Å². The molecule has 0 bridgehead atoms. The van der Waals surface area contributed by atoms with E-state index in [1.807, 2.05) is 0 Å². The fourth-order valence-electron chi connectivity index (χ4n) is 2.05. The summed E-state index contributed by atoms with van der Waals surface area (Å²) in [5, 5.41) is 3.00. The number of halogens is 2. The van der Waals surface area contributed by atoms with E-state index in [2.05, 4.69) is 22.2 Å². The molecule has 0 aliphatic carbocycles. The second-order valence-electron chi connectivity index (χ2n) is 4.70. The van der Waals surface area contributed by atoms with Crippen LogP contribution in [0.3, 0.4) is 0 Å². The van der Waals surface area contributed by atoms with Crippen LogP contribution in [0.25, 0.3) is 0 Å². The molecule has 0 saturated carbocycles. The van der Waals surface area contributed by atoms with Gasteiger partial charge in [-0.25, -0.2) is 8.78 Å². The van der Waals surface area contributed by atoms with Gasteiger partial charge in [0.2, 0.25) is 0 Å². The Hall–Kier alpha value is -1.20. The Kier molecular flexibility index (Phi) is 4.49. The summed E-state index contributed by atoms with van der Waals surface area (Å²) in [5.41, 5.74) is 0.366. The number of hydrogen-bond acceptors (Lipinski definition) is 3. The van der Waals surface area contributed by atoms with Gasteiger partial charge in [0.15, 0.2) is 0 Å². The van der Waals surface area contributed by atoms with Gasteiger partial charge < -0.3 is 10.2 Å². The number of nitrogens with zero attached hydrogens (tertiary/aromatic N) is 2. The van der Waals surface area contributed by atoms with Crippen molar-refractivity contribution in [3.8, 4) is 0 Å². The lowest BCUT2D eigenvalue weighted by Gasteiger charge is -2.32. The zero-order chi connectivity index (χ0) is 13.0. The summed E-state index contributed by atoms with van der Waals surface area (Å²) in [7, 11) is 2.11. The molecule has 0 aromatic heterocycles. The van der Waals surface area contributed by atoms with Crippen molar-refractivity contribution in [2.75, 3.05) is 51.6 Å². The van der Waals surface area contributed by atoms with Crippen LogP contribution in [-0.4, -0.2) is 56.1 Å². The summed E-state index contributed by atoms with van der Waals surface area (Å²) >= 11 is 0. The number of nitrogens with one attached hydrogen (secondary N) is 1. The molecular weight excluding hydrogens is 236 g/mol. The molecule has 5 heteroatoms. The van der Waals surface area contributed by atoms with Gasteiger partial charge in [-0.2, -0.15) is 0 Å². The van der Waals surface area contributed by atoms with Crippen molar-refractivity contribution in [2.24, 2.45) is 0 Å². The molecule has 0 amide bonds. The molecule has 18 heavy (non-hydrogen) atoms. The number of piperazine rings is 1. The quantitative estimate of drug-likeness (QED) is 0.882. The van der Waals surface area contributed by atoms with Crippen molar-refractivity contribution < 1.29 is 8.78 Å². The Morgan fingerprint density at radius 3 is 2.56 bits per heavy atom. The Balaban J connectivity index is 1.75. The first-order chi connectivity index (χ1) is 8.65. The number of benzene rings is 1. The van der Waals surface area contributed by atoms with E-state index < -0.39 is 11.6 Å². The van der Waals surface area contributed by atoms with E-state index in [1.54, 1.807) is 0 Å². The number of anilines is 1. The monoisotopic (exact) mass is 255 g/mol. The lowest BCUT2D eigenvalue weighted by molar-refractivity contribution is 0.158. The van der Waals surface area contributed by atoms with E-state index in [0.29, 0.717) is 12.2 Å². The van der Waals surface area contributed by atoms with Crippen molar-refractivity contribution >= 4 is 5.69 Å². The molecule has 0 spiro atoms. The average Bonchev–Trinajstić information content (AvgIpc) is 2.34. The second-order valence-corrected chi connectivity index (χ2v) is 4.70. The van der Waals surface area contributed by atoms with E-state index >= 15 is 0 Å². The van der Waals surface area contributed by atoms with Crippen LogP contribution < -0.4 is 5.32 Å². The van der Waals surface area contributed by atoms with Crippen molar-refractivity contribution in [3.05, 3.63) is 29.8 Å². The van der Waals surface area contributed by atoms with Gasteiger partial charge in [-0.1, -0.05) is 0 Å². The van der Waals surface area contributed by atoms with Crippen molar-refractivity contribution in [1.82, 2.24) is 9.80 Å². The van der Waals surface area contributed by atoms with Gasteiger partial charge in [-0.05, 0) is 19.2 Å². The van der Waals surface area contributed by atoms with E-state index in [-0.39, 0.29) is 0 Å². The molecule has 0 atom stereocenters. The summed E-state index contributed by atoms with van der Waals surface area (Å²) in [6, 6.07) is 3.61. The van der Waals surface area contributed by atoms with E-state index in [1.165, 1.54) is 12.1 Å². The maximum absolute atomic E-state index is 13.3. The molecule has 1 aliphatic rings. The predicted molar refractivity (Wildman–Crippen MR) is 68.8 cm³/mol. The zero-order valence-corrected chi connectivity index (χ0v) is 10.6. The van der Waals surface area contributed by atoms with Crippen molar-refractivity contribution in [2.45, 2.75) is 0 Å². The highest BCUT2D eigenvalue weighted by Crippen LogP contribution is 2.14. The molecular formula is C13H19F2N3. The molecule has 2 rings (SSSR count). The minimum absolute atomic E-state index is 0.366. The van der Waals surface area contributed by atoms with Crippen LogP contribution in [0.4, 0.5) is 14.5 Å². The number of likely N-dealkylation sites (N-methyl/N-ethyl adjacent to an activating group) is 1. The van der Waals surface area contributed by atoms with Crippen LogP contribution in [-0.2, 0) is 0 Å². The molecule has 1 N–H and O–H groups in total. The van der Waals surface area contributed by atoms with Crippen LogP contribution in [0, 0.1) is 11.6 Å². The van der Waals surface area contributed by atoms with Crippen LogP contribution in [0.15, 0.2) is 18.2 Å². The molecule has 1 fully saturated rings. The molecule has 1 heterocycles. The lowest BCUT2D eigenvalue weighted by Crippen LogP contribution is -2.45. The summed E-state index contributed by atoms with van der Waals surface area (Å²) in [4.78, 5) is 4.64. The van der Waals surface area contributed by atoms with Gasteiger partial charge in [0, 0.05) is 45.3 Å². The lowest BCUT2D eigenvalue weighted by atomic mass is 10.3. The first-order valence-electron chi connectivity index (χ1n) is 6.25. The Morgan fingerprint density at radius 1 is 1.17 bits per heavy atom. The van der Waals surface area contributed by atoms with Crippen LogP contribution in [0.2, 0.25) is 0 Å². The first-order valence-corrected chi connectivity index (χ1v) is 6.25. The summed E-state index contributed by atoms with van der Waals surface area (Å²) < 4.78 is 26.1. The Bertz CT molecular complexity index is 390. The van der Waals surface area contributed by atoms with Gasteiger partial charge in [-0.15, -0.1) is 0 Å². The number of rotatable bonds is 4. The maximum Gasteiger partial charge on any atom is 0.149 e. The first kappa shape index (κ1) is 13.2. The molecule has 1 aromatic carbocycles. The fourth-order valence-corrected chi connectivity index (χ4v) is 2.05. The Labute approximate surface area is 106 Å². The molecule has 100 valence electrons. The third-order valence-electron chi connectivity index (χ3n) is 3.27. The van der Waals surface area contributed by atoms with E-state index in [9.17, 15) is 8.78 Å². The van der Waals surface area contributed by atoms with Crippen molar-refractivity contribution in [3.63, 3.8) is 0 Å². The fraction of sp³-hybridized carbons (Fsp3) is 0.538. The smallest absolute Gasteiger partial charge is 0.149 e. The zero-order valence-electron chi connectivity index (χ0n) is 10.6. The largest absolute Gasteiger partial charge is 0.381 e. The topological polar surface area (TPSA) is 18.5 Å². The van der Waals surface area contributed by atoms with Gasteiger partial charge in [0.25, 0.3) is 0 Å². The third-order valence-corrected chi connectivity index (χ3v) is 3.27. The molecule has 0 unspecified atom stereocenters.